The number of aromatic amines is 1. The van der Waals surface area contributed by atoms with E-state index in [-0.39, 0.29) is 5.84 Å². The molecule has 0 atom stereocenters. The highest BCUT2D eigenvalue weighted by Gasteiger charge is 2.18. The first-order valence-corrected chi connectivity index (χ1v) is 5.64. The third-order valence-electron chi connectivity index (χ3n) is 2.20. The standard InChI is InChI=1S/C9H12N6OS/c1-5-6(7(10)14-16)8(15(2)13-5)17-9-11-3-4-12-9/h3-4,16H,1-2H3,(H2,10,14)(H,11,12). The summed E-state index contributed by atoms with van der Waals surface area (Å²) in [6.07, 6.45) is 3.39. The van der Waals surface area contributed by atoms with Gasteiger partial charge in [0.15, 0.2) is 11.0 Å². The first-order valence-electron chi connectivity index (χ1n) is 4.82. The Kier molecular flexibility index (Phi) is 3.05. The van der Waals surface area contributed by atoms with Gasteiger partial charge in [-0.05, 0) is 18.7 Å². The number of aryl methyl sites for hydroxylation is 2. The number of rotatable bonds is 3. The van der Waals surface area contributed by atoms with Crippen LogP contribution in [0.15, 0.2) is 27.7 Å². The average Bonchev–Trinajstić information content (AvgIpc) is 2.88. The van der Waals surface area contributed by atoms with Crippen LogP contribution in [-0.2, 0) is 7.05 Å². The van der Waals surface area contributed by atoms with Gasteiger partial charge in [0.05, 0.1) is 11.3 Å². The van der Waals surface area contributed by atoms with Crippen LogP contribution in [0.25, 0.3) is 0 Å². The van der Waals surface area contributed by atoms with E-state index in [2.05, 4.69) is 20.2 Å². The lowest BCUT2D eigenvalue weighted by Crippen LogP contribution is -2.15. The summed E-state index contributed by atoms with van der Waals surface area (Å²) in [5.41, 5.74) is 6.97. The molecule has 7 nitrogen and oxygen atoms in total. The Morgan fingerprint density at radius 3 is 3.00 bits per heavy atom. The van der Waals surface area contributed by atoms with Gasteiger partial charge in [0, 0.05) is 19.4 Å². The molecule has 2 aromatic rings. The quantitative estimate of drug-likeness (QED) is 0.323. The molecule has 0 saturated heterocycles. The van der Waals surface area contributed by atoms with Crippen LogP contribution in [0.4, 0.5) is 0 Å². The van der Waals surface area contributed by atoms with Crippen molar-refractivity contribution in [3.05, 3.63) is 23.7 Å². The van der Waals surface area contributed by atoms with Gasteiger partial charge in [-0.3, -0.25) is 4.68 Å². The predicted octanol–water partition coefficient (Wildman–Crippen LogP) is 0.697. The maximum absolute atomic E-state index is 8.77. The van der Waals surface area contributed by atoms with E-state index in [9.17, 15) is 0 Å². The summed E-state index contributed by atoms with van der Waals surface area (Å²) in [6.45, 7) is 1.81. The molecule has 0 bridgehead atoms. The van der Waals surface area contributed by atoms with Crippen molar-refractivity contribution in [3.8, 4) is 0 Å². The summed E-state index contributed by atoms with van der Waals surface area (Å²) < 4.78 is 1.68. The lowest BCUT2D eigenvalue weighted by atomic mass is 10.2. The average molecular weight is 252 g/mol. The molecule has 90 valence electrons. The zero-order chi connectivity index (χ0) is 12.4. The first kappa shape index (κ1) is 11.5. The van der Waals surface area contributed by atoms with E-state index in [0.717, 1.165) is 10.2 Å². The fourth-order valence-corrected chi connectivity index (χ4v) is 2.45. The topological polar surface area (TPSA) is 105 Å². The van der Waals surface area contributed by atoms with Crippen LogP contribution in [0.1, 0.15) is 11.3 Å². The van der Waals surface area contributed by atoms with Gasteiger partial charge in [-0.2, -0.15) is 5.10 Å². The lowest BCUT2D eigenvalue weighted by molar-refractivity contribution is 0.318. The molecule has 0 aromatic carbocycles. The second-order valence-corrected chi connectivity index (χ2v) is 4.35. The Morgan fingerprint density at radius 2 is 2.41 bits per heavy atom. The van der Waals surface area contributed by atoms with Crippen molar-refractivity contribution in [1.29, 1.82) is 0 Å². The molecule has 17 heavy (non-hydrogen) atoms. The summed E-state index contributed by atoms with van der Waals surface area (Å²) >= 11 is 1.37. The number of hydrogen-bond acceptors (Lipinski definition) is 5. The molecule has 0 spiro atoms. The molecule has 2 rings (SSSR count). The summed E-state index contributed by atoms with van der Waals surface area (Å²) in [4.78, 5) is 7.09. The number of H-pyrrole nitrogens is 1. The van der Waals surface area contributed by atoms with Gasteiger partial charge in [-0.25, -0.2) is 4.98 Å². The van der Waals surface area contributed by atoms with Crippen LogP contribution in [0.5, 0.6) is 0 Å². The van der Waals surface area contributed by atoms with Crippen molar-refractivity contribution in [2.24, 2.45) is 17.9 Å². The zero-order valence-electron chi connectivity index (χ0n) is 9.38. The molecule has 4 N–H and O–H groups in total. The van der Waals surface area contributed by atoms with E-state index < -0.39 is 0 Å². The van der Waals surface area contributed by atoms with Crippen LogP contribution in [-0.4, -0.2) is 30.8 Å². The minimum absolute atomic E-state index is 0.0460. The Balaban J connectivity index is 2.45. The zero-order valence-corrected chi connectivity index (χ0v) is 10.2. The Bertz CT molecular complexity index is 544. The van der Waals surface area contributed by atoms with Gasteiger partial charge in [0.1, 0.15) is 5.03 Å². The second-order valence-electron chi connectivity index (χ2n) is 3.37. The van der Waals surface area contributed by atoms with Gasteiger partial charge < -0.3 is 15.9 Å². The fraction of sp³-hybridized carbons (Fsp3) is 0.222. The molecule has 0 aliphatic carbocycles. The highest BCUT2D eigenvalue weighted by Crippen LogP contribution is 2.29. The molecule has 0 radical (unpaired) electrons. The monoisotopic (exact) mass is 252 g/mol. The van der Waals surface area contributed by atoms with Gasteiger partial charge in [-0.1, -0.05) is 5.16 Å². The Morgan fingerprint density at radius 1 is 1.65 bits per heavy atom. The SMILES string of the molecule is Cc1nn(C)c(Sc2ncc[nH]2)c1/C(N)=N/O. The summed E-state index contributed by atoms with van der Waals surface area (Å²) in [5, 5.41) is 17.5. The molecule has 0 amide bonds. The molecule has 2 heterocycles. The number of amidine groups is 1. The molecular weight excluding hydrogens is 240 g/mol. The highest BCUT2D eigenvalue weighted by molar-refractivity contribution is 7.99. The number of imidazole rings is 1. The van der Waals surface area contributed by atoms with E-state index in [1.165, 1.54) is 11.8 Å². The Labute approximate surface area is 102 Å². The van der Waals surface area contributed by atoms with Crippen LogP contribution in [0.2, 0.25) is 0 Å². The fourth-order valence-electron chi connectivity index (χ4n) is 1.50. The van der Waals surface area contributed by atoms with Gasteiger partial charge in [-0.15, -0.1) is 0 Å². The number of nitrogens with zero attached hydrogens (tertiary/aromatic N) is 4. The molecule has 2 aromatic heterocycles. The normalized spacial score (nSPS) is 12.0. The maximum atomic E-state index is 8.77. The second kappa shape index (κ2) is 4.50. The predicted molar refractivity (Wildman–Crippen MR) is 63.2 cm³/mol. The van der Waals surface area contributed by atoms with E-state index in [1.54, 1.807) is 31.0 Å². The summed E-state index contributed by atoms with van der Waals surface area (Å²) in [7, 11) is 1.80. The van der Waals surface area contributed by atoms with Crippen LogP contribution in [0, 0.1) is 6.92 Å². The molecule has 0 fully saturated rings. The highest BCUT2D eigenvalue weighted by atomic mass is 32.2. The van der Waals surface area contributed by atoms with Crippen LogP contribution in [0.3, 0.4) is 0 Å². The number of aromatic nitrogens is 4. The first-order chi connectivity index (χ1) is 8.13. The van der Waals surface area contributed by atoms with Gasteiger partial charge in [0.2, 0.25) is 0 Å². The van der Waals surface area contributed by atoms with E-state index in [0.29, 0.717) is 11.3 Å². The molecule has 8 heteroatoms. The molecule has 0 aliphatic heterocycles. The third kappa shape index (κ3) is 2.11. The van der Waals surface area contributed by atoms with E-state index in [1.807, 2.05) is 0 Å². The van der Waals surface area contributed by atoms with Gasteiger partial charge in [0.25, 0.3) is 0 Å². The lowest BCUT2D eigenvalue weighted by Gasteiger charge is -2.02. The number of nitrogens with two attached hydrogens (primary N) is 1. The van der Waals surface area contributed by atoms with Gasteiger partial charge >= 0.3 is 0 Å². The molecule has 0 aliphatic rings. The minimum Gasteiger partial charge on any atom is -0.409 e. The maximum Gasteiger partial charge on any atom is 0.174 e. The molecular formula is C9H12N6OS. The van der Waals surface area contributed by atoms with Crippen molar-refractivity contribution in [1.82, 2.24) is 19.7 Å². The van der Waals surface area contributed by atoms with E-state index >= 15 is 0 Å². The molecule has 0 saturated carbocycles. The van der Waals surface area contributed by atoms with Crippen molar-refractivity contribution >= 4 is 17.6 Å². The van der Waals surface area contributed by atoms with Crippen molar-refractivity contribution < 1.29 is 5.21 Å². The van der Waals surface area contributed by atoms with E-state index in [4.69, 9.17) is 10.9 Å². The van der Waals surface area contributed by atoms with Crippen molar-refractivity contribution in [2.75, 3.05) is 0 Å². The summed E-state index contributed by atoms with van der Waals surface area (Å²) in [5.74, 6) is 0.0460. The number of hydrogen-bond donors (Lipinski definition) is 3. The molecule has 0 unspecified atom stereocenters. The van der Waals surface area contributed by atoms with Crippen molar-refractivity contribution in [2.45, 2.75) is 17.1 Å². The Hall–Kier alpha value is -1.96. The minimum atomic E-state index is 0.0460. The van der Waals surface area contributed by atoms with Crippen molar-refractivity contribution in [3.63, 3.8) is 0 Å². The van der Waals surface area contributed by atoms with Crippen LogP contribution >= 0.6 is 11.8 Å². The summed E-state index contributed by atoms with van der Waals surface area (Å²) in [6, 6.07) is 0. The number of nitrogens with one attached hydrogen (secondary N) is 1. The third-order valence-corrected chi connectivity index (χ3v) is 3.28. The largest absolute Gasteiger partial charge is 0.409 e. The smallest absolute Gasteiger partial charge is 0.174 e. The number of oxime groups is 1. The van der Waals surface area contributed by atoms with Crippen LogP contribution < -0.4 is 5.73 Å².